The minimum Gasteiger partial charge on any atom is -0.508 e. The molecule has 1 fully saturated rings. The summed E-state index contributed by atoms with van der Waals surface area (Å²) < 4.78 is 9.44. The van der Waals surface area contributed by atoms with Gasteiger partial charge in [-0.25, -0.2) is 0 Å². The van der Waals surface area contributed by atoms with Crippen molar-refractivity contribution in [3.63, 3.8) is 0 Å². The van der Waals surface area contributed by atoms with Gasteiger partial charge in [0.25, 0.3) is 0 Å². The van der Waals surface area contributed by atoms with Gasteiger partial charge < -0.3 is 14.6 Å². The smallest absolute Gasteiger partial charge is 0.146 e. The van der Waals surface area contributed by atoms with Gasteiger partial charge in [-0.3, -0.25) is 0 Å². The van der Waals surface area contributed by atoms with Gasteiger partial charge in [-0.2, -0.15) is 0 Å². The number of hydrogen-bond donors (Lipinski definition) is 1. The topological polar surface area (TPSA) is 38.7 Å². The molecule has 0 spiro atoms. The van der Waals surface area contributed by atoms with E-state index in [1.54, 1.807) is 24.3 Å². The molecule has 1 saturated heterocycles. The Hall–Kier alpha value is -1.06. The van der Waals surface area contributed by atoms with Crippen molar-refractivity contribution < 1.29 is 14.6 Å². The molecule has 0 unspecified atom stereocenters. The third-order valence-electron chi connectivity index (χ3n) is 1.29. The van der Waals surface area contributed by atoms with Crippen molar-refractivity contribution in [3.8, 4) is 5.75 Å². The second kappa shape index (κ2) is 5.57. The maximum absolute atomic E-state index is 8.63. The molecule has 0 radical (unpaired) electrons. The van der Waals surface area contributed by atoms with E-state index in [0.717, 1.165) is 13.2 Å². The van der Waals surface area contributed by atoms with E-state index < -0.39 is 0 Å². The number of benzene rings is 1. The first kappa shape index (κ1) is 9.03. The second-order valence-electron chi connectivity index (χ2n) is 2.27. The summed E-state index contributed by atoms with van der Waals surface area (Å²) in [6.07, 6.45) is 0. The van der Waals surface area contributed by atoms with Gasteiger partial charge in [0.2, 0.25) is 0 Å². The predicted molar refractivity (Wildman–Crippen MR) is 44.9 cm³/mol. The van der Waals surface area contributed by atoms with Crippen LogP contribution >= 0.6 is 0 Å². The summed E-state index contributed by atoms with van der Waals surface area (Å²) in [7, 11) is 0. The molecule has 12 heavy (non-hydrogen) atoms. The van der Waals surface area contributed by atoms with Crippen molar-refractivity contribution in [2.45, 2.75) is 0 Å². The number of phenols is 1. The number of para-hydroxylation sites is 1. The maximum Gasteiger partial charge on any atom is 0.146 e. The van der Waals surface area contributed by atoms with Crippen molar-refractivity contribution in [1.29, 1.82) is 0 Å². The lowest BCUT2D eigenvalue weighted by Crippen LogP contribution is -1.79. The first-order valence-corrected chi connectivity index (χ1v) is 3.79. The van der Waals surface area contributed by atoms with Crippen LogP contribution in [-0.4, -0.2) is 25.1 Å². The highest BCUT2D eigenvalue weighted by Gasteiger charge is 1.93. The SMILES string of the molecule is C1COCO1.Oc1ccccc1. The minimum absolute atomic E-state index is 0.322. The van der Waals surface area contributed by atoms with E-state index in [1.165, 1.54) is 0 Å². The van der Waals surface area contributed by atoms with Crippen molar-refractivity contribution in [1.82, 2.24) is 0 Å². The third kappa shape index (κ3) is 3.95. The van der Waals surface area contributed by atoms with Crippen LogP contribution in [0.5, 0.6) is 5.75 Å². The van der Waals surface area contributed by atoms with Crippen LogP contribution in [0, 0.1) is 0 Å². The zero-order chi connectivity index (χ0) is 8.65. The monoisotopic (exact) mass is 168 g/mol. The van der Waals surface area contributed by atoms with Crippen molar-refractivity contribution in [3.05, 3.63) is 30.3 Å². The van der Waals surface area contributed by atoms with E-state index in [9.17, 15) is 0 Å². The Bertz CT molecular complexity index is 187. The molecule has 1 heterocycles. The van der Waals surface area contributed by atoms with Crippen molar-refractivity contribution >= 4 is 0 Å². The normalized spacial score (nSPS) is 15.0. The van der Waals surface area contributed by atoms with Crippen LogP contribution in [0.2, 0.25) is 0 Å². The standard InChI is InChI=1S/C6H6O.C3H6O2/c7-6-4-2-1-3-5-6;1-2-5-3-4-1/h1-5,7H;1-3H2. The Kier molecular flexibility index (Phi) is 4.19. The summed E-state index contributed by atoms with van der Waals surface area (Å²) in [5, 5.41) is 8.63. The number of ether oxygens (including phenoxy) is 2. The average molecular weight is 168 g/mol. The Labute approximate surface area is 71.5 Å². The lowest BCUT2D eigenvalue weighted by molar-refractivity contribution is 0.0692. The van der Waals surface area contributed by atoms with Crippen LogP contribution in [-0.2, 0) is 9.47 Å². The fourth-order valence-corrected chi connectivity index (χ4v) is 0.723. The second-order valence-corrected chi connectivity index (χ2v) is 2.27. The maximum atomic E-state index is 8.63. The van der Waals surface area contributed by atoms with Crippen LogP contribution in [0.4, 0.5) is 0 Å². The van der Waals surface area contributed by atoms with Gasteiger partial charge in [0.1, 0.15) is 12.5 Å². The number of hydrogen-bond acceptors (Lipinski definition) is 3. The summed E-state index contributed by atoms with van der Waals surface area (Å²) in [6.45, 7) is 2.06. The molecular weight excluding hydrogens is 156 g/mol. The molecule has 3 nitrogen and oxygen atoms in total. The largest absolute Gasteiger partial charge is 0.508 e. The molecule has 0 aromatic heterocycles. The fraction of sp³-hybridized carbons (Fsp3) is 0.333. The summed E-state index contributed by atoms with van der Waals surface area (Å²) in [4.78, 5) is 0. The zero-order valence-electron chi connectivity index (χ0n) is 6.77. The molecule has 1 N–H and O–H groups in total. The molecule has 0 bridgehead atoms. The molecule has 3 heteroatoms. The highest BCUT2D eigenvalue weighted by molar-refractivity contribution is 5.18. The summed E-state index contributed by atoms with van der Waals surface area (Å²) in [6, 6.07) is 8.71. The molecule has 0 saturated carbocycles. The molecule has 2 rings (SSSR count). The van der Waals surface area contributed by atoms with Crippen molar-refractivity contribution in [2.24, 2.45) is 0 Å². The number of aromatic hydroxyl groups is 1. The zero-order valence-corrected chi connectivity index (χ0v) is 6.77. The van der Waals surface area contributed by atoms with E-state index in [4.69, 9.17) is 14.6 Å². The lowest BCUT2D eigenvalue weighted by Gasteiger charge is -1.82. The molecule has 1 aliphatic heterocycles. The van der Waals surface area contributed by atoms with Gasteiger partial charge in [0.05, 0.1) is 13.2 Å². The quantitative estimate of drug-likeness (QED) is 0.636. The van der Waals surface area contributed by atoms with E-state index in [0.29, 0.717) is 12.5 Å². The Morgan fingerprint density at radius 3 is 1.83 bits per heavy atom. The van der Waals surface area contributed by atoms with E-state index >= 15 is 0 Å². The van der Waals surface area contributed by atoms with Gasteiger partial charge in [-0.05, 0) is 12.1 Å². The predicted octanol–water partition coefficient (Wildman–Crippen LogP) is 1.38. The molecule has 66 valence electrons. The van der Waals surface area contributed by atoms with Crippen LogP contribution in [0.15, 0.2) is 30.3 Å². The Morgan fingerprint density at radius 1 is 1.00 bits per heavy atom. The summed E-state index contributed by atoms with van der Waals surface area (Å²) >= 11 is 0. The molecule has 0 amide bonds. The minimum atomic E-state index is 0.322. The first-order valence-electron chi connectivity index (χ1n) is 3.79. The van der Waals surface area contributed by atoms with E-state index in [1.807, 2.05) is 6.07 Å². The van der Waals surface area contributed by atoms with Gasteiger partial charge in [0, 0.05) is 0 Å². The number of phenolic OH excluding ortho intramolecular Hbond substituents is 1. The average Bonchev–Trinajstić information content (AvgIpc) is 2.62. The van der Waals surface area contributed by atoms with Crippen LogP contribution in [0.3, 0.4) is 0 Å². The van der Waals surface area contributed by atoms with Crippen LogP contribution in [0.25, 0.3) is 0 Å². The third-order valence-corrected chi connectivity index (χ3v) is 1.29. The molecule has 1 aromatic carbocycles. The van der Waals surface area contributed by atoms with Crippen LogP contribution in [0.1, 0.15) is 0 Å². The summed E-state index contributed by atoms with van der Waals surface area (Å²) in [5.41, 5.74) is 0. The van der Waals surface area contributed by atoms with Gasteiger partial charge in [-0.15, -0.1) is 0 Å². The fourth-order valence-electron chi connectivity index (χ4n) is 0.723. The van der Waals surface area contributed by atoms with Gasteiger partial charge >= 0.3 is 0 Å². The Morgan fingerprint density at radius 2 is 1.58 bits per heavy atom. The highest BCUT2D eigenvalue weighted by atomic mass is 16.7. The molecule has 1 aromatic rings. The molecule has 0 atom stereocenters. The summed E-state index contributed by atoms with van der Waals surface area (Å²) in [5.74, 6) is 0.322. The van der Waals surface area contributed by atoms with Crippen molar-refractivity contribution in [2.75, 3.05) is 20.0 Å². The molecule has 1 aliphatic rings. The number of rotatable bonds is 0. The van der Waals surface area contributed by atoms with Crippen LogP contribution < -0.4 is 0 Å². The van der Waals surface area contributed by atoms with Gasteiger partial charge in [0.15, 0.2) is 0 Å². The van der Waals surface area contributed by atoms with E-state index in [-0.39, 0.29) is 0 Å². The Balaban J connectivity index is 0.000000127. The molecule has 0 aliphatic carbocycles. The van der Waals surface area contributed by atoms with Gasteiger partial charge in [-0.1, -0.05) is 18.2 Å². The van der Waals surface area contributed by atoms with E-state index in [2.05, 4.69) is 0 Å². The first-order chi connectivity index (χ1) is 5.89. The highest BCUT2D eigenvalue weighted by Crippen LogP contribution is 2.02. The lowest BCUT2D eigenvalue weighted by atomic mass is 10.3. The molecular formula is C9H12O3.